The van der Waals surface area contributed by atoms with Gasteiger partial charge in [-0.2, -0.15) is 0 Å². The molecule has 1 aliphatic carbocycles. The number of nitrogens with one attached hydrogen (secondary N) is 3. The highest BCUT2D eigenvalue weighted by molar-refractivity contribution is 6.38. The van der Waals surface area contributed by atoms with Crippen LogP contribution in [0.5, 0.6) is 11.5 Å². The summed E-state index contributed by atoms with van der Waals surface area (Å²) in [5, 5.41) is 4.12. The first kappa shape index (κ1) is 29.5. The number of benzene rings is 2. The molecule has 4 atom stereocenters. The molecule has 0 spiro atoms. The molecule has 3 N–H and O–H groups in total. The molecule has 1 aliphatic heterocycles. The summed E-state index contributed by atoms with van der Waals surface area (Å²) >= 11 is 13.5. The van der Waals surface area contributed by atoms with E-state index in [9.17, 15) is 4.79 Å². The summed E-state index contributed by atoms with van der Waals surface area (Å²) < 4.78 is 11.0. The number of carbonyl (C=O) groups excluding carboxylic acids is 1. The third-order valence-electron chi connectivity index (χ3n) is 7.91. The Kier molecular flexibility index (Phi) is 9.67. The van der Waals surface area contributed by atoms with Crippen LogP contribution in [0.3, 0.4) is 0 Å². The number of carbonyl (C=O) groups is 1. The molecular weight excluding hydrogens is 537 g/mol. The first-order valence-electron chi connectivity index (χ1n) is 13.2. The molecular formula is C29H39Cl2N5O3. The Bertz CT molecular complexity index is 1180. The number of methoxy groups -OCH3 is 2. The van der Waals surface area contributed by atoms with Gasteiger partial charge in [0.15, 0.2) is 0 Å². The van der Waals surface area contributed by atoms with E-state index in [2.05, 4.69) is 71.9 Å². The van der Waals surface area contributed by atoms with E-state index in [0.717, 1.165) is 54.9 Å². The summed E-state index contributed by atoms with van der Waals surface area (Å²) in [5.74, 6) is 1.36. The standard InChI is InChI=1S/C29H39Cl2N5O3/c1-7-25(37)32-21-15-18(36(4)13-12-35(2)3)9-11-19(21)29-20-10-8-17(14-22(20)33-34-29)26-27(30)23(38-5)16-24(39-6)28(26)31/h7,9,11,15-17,20,22,29,33-34H,1,8,10,12-14H2,2-6H3,(H,32,37). The molecule has 39 heavy (non-hydrogen) atoms. The molecule has 2 aromatic carbocycles. The third-order valence-corrected chi connectivity index (χ3v) is 8.69. The number of halogens is 2. The van der Waals surface area contributed by atoms with E-state index >= 15 is 0 Å². The number of nitrogens with zero attached hydrogens (tertiary/aromatic N) is 2. The molecule has 1 saturated heterocycles. The average Bonchev–Trinajstić information content (AvgIpc) is 3.35. The molecule has 212 valence electrons. The smallest absolute Gasteiger partial charge is 0.247 e. The van der Waals surface area contributed by atoms with Gasteiger partial charge in [0.2, 0.25) is 5.91 Å². The molecule has 0 bridgehead atoms. The predicted octanol–water partition coefficient (Wildman–Crippen LogP) is 5.23. The molecule has 4 rings (SSSR count). The number of hydrazine groups is 1. The predicted molar refractivity (Wildman–Crippen MR) is 160 cm³/mol. The lowest BCUT2D eigenvalue weighted by atomic mass is 9.72. The zero-order chi connectivity index (χ0) is 28.3. The molecule has 0 aromatic heterocycles. The Balaban J connectivity index is 1.58. The van der Waals surface area contributed by atoms with Crippen molar-refractivity contribution in [3.05, 3.63) is 58.1 Å². The van der Waals surface area contributed by atoms with E-state index in [1.807, 2.05) is 0 Å². The lowest BCUT2D eigenvalue weighted by Gasteiger charge is -2.34. The molecule has 2 aromatic rings. The van der Waals surface area contributed by atoms with Crippen molar-refractivity contribution in [3.8, 4) is 11.5 Å². The van der Waals surface area contributed by atoms with Crippen molar-refractivity contribution in [1.82, 2.24) is 15.8 Å². The van der Waals surface area contributed by atoms with Crippen molar-refractivity contribution < 1.29 is 14.3 Å². The van der Waals surface area contributed by atoms with Gasteiger partial charge < -0.3 is 24.6 Å². The number of hydrogen-bond acceptors (Lipinski definition) is 7. The van der Waals surface area contributed by atoms with Gasteiger partial charge >= 0.3 is 0 Å². The number of anilines is 2. The first-order valence-corrected chi connectivity index (χ1v) is 14.0. The highest BCUT2D eigenvalue weighted by Gasteiger charge is 2.43. The average molecular weight is 577 g/mol. The van der Waals surface area contributed by atoms with Gasteiger partial charge in [0.05, 0.1) is 30.3 Å². The summed E-state index contributed by atoms with van der Waals surface area (Å²) in [5.41, 5.74) is 10.8. The van der Waals surface area contributed by atoms with Crippen molar-refractivity contribution >= 4 is 40.5 Å². The summed E-state index contributed by atoms with van der Waals surface area (Å²) in [7, 11) is 9.37. The summed E-state index contributed by atoms with van der Waals surface area (Å²) in [6.45, 7) is 5.44. The first-order chi connectivity index (χ1) is 18.7. The zero-order valence-electron chi connectivity index (χ0n) is 23.3. The maximum Gasteiger partial charge on any atom is 0.247 e. The molecule has 1 heterocycles. The van der Waals surface area contributed by atoms with Crippen LogP contribution in [-0.2, 0) is 4.79 Å². The van der Waals surface area contributed by atoms with Crippen LogP contribution in [-0.4, -0.2) is 65.3 Å². The van der Waals surface area contributed by atoms with Crippen LogP contribution in [0.2, 0.25) is 10.0 Å². The molecule has 4 unspecified atom stereocenters. The second kappa shape index (κ2) is 12.8. The van der Waals surface area contributed by atoms with Gasteiger partial charge in [0, 0.05) is 49.2 Å². The zero-order valence-corrected chi connectivity index (χ0v) is 24.8. The van der Waals surface area contributed by atoms with Gasteiger partial charge in [-0.05, 0) is 69.0 Å². The van der Waals surface area contributed by atoms with Crippen molar-refractivity contribution in [3.63, 3.8) is 0 Å². The number of rotatable bonds is 10. The van der Waals surface area contributed by atoms with E-state index in [1.165, 1.54) is 6.08 Å². The normalized spacial score (nSPS) is 22.4. The van der Waals surface area contributed by atoms with E-state index in [4.69, 9.17) is 32.7 Å². The topological polar surface area (TPSA) is 78.1 Å². The number of hydrogen-bond donors (Lipinski definition) is 3. The lowest BCUT2D eigenvalue weighted by Crippen LogP contribution is -2.35. The van der Waals surface area contributed by atoms with Crippen molar-refractivity contribution in [2.75, 3.05) is 58.7 Å². The van der Waals surface area contributed by atoms with E-state index < -0.39 is 0 Å². The van der Waals surface area contributed by atoms with Crippen LogP contribution in [0.25, 0.3) is 0 Å². The van der Waals surface area contributed by atoms with Crippen molar-refractivity contribution in [2.45, 2.75) is 37.3 Å². The number of ether oxygens (including phenoxy) is 2. The third kappa shape index (κ3) is 6.31. The van der Waals surface area contributed by atoms with Crippen LogP contribution in [0, 0.1) is 5.92 Å². The SMILES string of the molecule is C=CC(=O)Nc1cc(N(C)CCN(C)C)ccc1C1NNC2CC(c3c(Cl)c(OC)cc(OC)c3Cl)CCC21. The molecule has 10 heteroatoms. The van der Waals surface area contributed by atoms with Crippen LogP contribution in [0.1, 0.15) is 42.3 Å². The van der Waals surface area contributed by atoms with Crippen LogP contribution in [0.15, 0.2) is 36.9 Å². The van der Waals surface area contributed by atoms with E-state index in [0.29, 0.717) is 27.5 Å². The van der Waals surface area contributed by atoms with E-state index in [1.54, 1.807) is 20.3 Å². The maximum atomic E-state index is 12.4. The van der Waals surface area contributed by atoms with Gasteiger partial charge in [0.1, 0.15) is 11.5 Å². The highest BCUT2D eigenvalue weighted by Crippen LogP contribution is 2.51. The highest BCUT2D eigenvalue weighted by atomic mass is 35.5. The van der Waals surface area contributed by atoms with Crippen molar-refractivity contribution in [1.29, 1.82) is 0 Å². The lowest BCUT2D eigenvalue weighted by molar-refractivity contribution is -0.111. The second-order valence-corrected chi connectivity index (χ2v) is 11.3. The monoisotopic (exact) mass is 575 g/mol. The Labute approximate surface area is 241 Å². The molecule has 8 nitrogen and oxygen atoms in total. The second-order valence-electron chi connectivity index (χ2n) is 10.6. The minimum Gasteiger partial charge on any atom is -0.495 e. The molecule has 1 saturated carbocycles. The minimum absolute atomic E-state index is 0.0305. The van der Waals surface area contributed by atoms with Gasteiger partial charge in [-0.15, -0.1) is 0 Å². The van der Waals surface area contributed by atoms with Crippen molar-refractivity contribution in [2.24, 2.45) is 5.92 Å². The molecule has 1 amide bonds. The molecule has 0 radical (unpaired) electrons. The summed E-state index contributed by atoms with van der Waals surface area (Å²) in [6.07, 6.45) is 4.02. The van der Waals surface area contributed by atoms with E-state index in [-0.39, 0.29) is 23.9 Å². The minimum atomic E-state index is -0.230. The molecule has 2 fully saturated rings. The fraction of sp³-hybridized carbons (Fsp3) is 0.483. The Morgan fingerprint density at radius 3 is 2.38 bits per heavy atom. The largest absolute Gasteiger partial charge is 0.495 e. The maximum absolute atomic E-state index is 12.4. The molecule has 2 aliphatic rings. The fourth-order valence-electron chi connectivity index (χ4n) is 5.72. The summed E-state index contributed by atoms with van der Waals surface area (Å²) in [4.78, 5) is 16.7. The Morgan fingerprint density at radius 1 is 1.08 bits per heavy atom. The number of amides is 1. The van der Waals surface area contributed by atoms with Gasteiger partial charge in [-0.25, -0.2) is 5.43 Å². The van der Waals surface area contributed by atoms with Gasteiger partial charge in [-0.3, -0.25) is 10.2 Å². The fourth-order valence-corrected chi connectivity index (χ4v) is 6.53. The van der Waals surface area contributed by atoms with Crippen LogP contribution in [0.4, 0.5) is 11.4 Å². The Hall–Kier alpha value is -2.49. The van der Waals surface area contributed by atoms with Crippen LogP contribution < -0.4 is 30.5 Å². The summed E-state index contributed by atoms with van der Waals surface area (Å²) in [6, 6.07) is 8.25. The number of likely N-dealkylation sites (N-methyl/N-ethyl adjacent to an activating group) is 2. The Morgan fingerprint density at radius 2 is 1.77 bits per heavy atom. The van der Waals surface area contributed by atoms with Gasteiger partial charge in [0.25, 0.3) is 0 Å². The van der Waals surface area contributed by atoms with Crippen LogP contribution >= 0.6 is 23.2 Å². The number of fused-ring (bicyclic) bond motifs is 1. The quantitative estimate of drug-likeness (QED) is 0.334. The van der Waals surface area contributed by atoms with Gasteiger partial charge in [-0.1, -0.05) is 35.8 Å².